The summed E-state index contributed by atoms with van der Waals surface area (Å²) in [6.45, 7) is 0. The third-order valence-corrected chi connectivity index (χ3v) is 5.44. The summed E-state index contributed by atoms with van der Waals surface area (Å²) in [6, 6.07) is 5.41. The van der Waals surface area contributed by atoms with Gasteiger partial charge in [0, 0.05) is 27.4 Å². The Hall–Kier alpha value is -1.08. The summed E-state index contributed by atoms with van der Waals surface area (Å²) < 4.78 is 2.84. The highest BCUT2D eigenvalue weighted by atomic mass is 127. The van der Waals surface area contributed by atoms with Gasteiger partial charge in [0.15, 0.2) is 0 Å². The Balaban J connectivity index is 1.81. The van der Waals surface area contributed by atoms with E-state index in [1.807, 2.05) is 24.0 Å². The highest BCUT2D eigenvalue weighted by Gasteiger charge is 2.25. The van der Waals surface area contributed by atoms with Gasteiger partial charge in [0.2, 0.25) is 0 Å². The van der Waals surface area contributed by atoms with E-state index in [1.54, 1.807) is 12.1 Å². The Morgan fingerprint density at radius 2 is 2.33 bits per heavy atom. The molecule has 4 nitrogen and oxygen atoms in total. The van der Waals surface area contributed by atoms with Crippen molar-refractivity contribution >= 4 is 40.1 Å². The fourth-order valence-corrected chi connectivity index (χ4v) is 3.25. The molecule has 1 aliphatic rings. The monoisotopic (exact) mass is 415 g/mol. The molecule has 0 aliphatic heterocycles. The Morgan fingerprint density at radius 3 is 3.10 bits per heavy atom. The molecule has 1 aliphatic carbocycles. The highest BCUT2D eigenvalue weighted by molar-refractivity contribution is 14.1. The van der Waals surface area contributed by atoms with E-state index in [0.29, 0.717) is 10.6 Å². The maximum atomic E-state index is 12.4. The summed E-state index contributed by atoms with van der Waals surface area (Å²) in [7, 11) is 1.95. The lowest BCUT2D eigenvalue weighted by atomic mass is 9.93. The summed E-state index contributed by atoms with van der Waals surface area (Å²) in [5.41, 5.74) is 2.94. The molecule has 110 valence electrons. The van der Waals surface area contributed by atoms with Gasteiger partial charge in [-0.3, -0.25) is 9.48 Å². The predicted octanol–water partition coefficient (Wildman–Crippen LogP) is 3.49. The van der Waals surface area contributed by atoms with Crippen molar-refractivity contribution in [3.63, 3.8) is 0 Å². The molecule has 0 fully saturated rings. The number of aryl methyl sites for hydroxylation is 1. The first kappa shape index (κ1) is 14.8. The van der Waals surface area contributed by atoms with Crippen LogP contribution in [0, 0.1) is 3.57 Å². The Morgan fingerprint density at radius 1 is 1.52 bits per heavy atom. The zero-order valence-electron chi connectivity index (χ0n) is 11.6. The van der Waals surface area contributed by atoms with Crippen molar-refractivity contribution in [2.45, 2.75) is 25.3 Å². The number of nitrogens with zero attached hydrogens (tertiary/aromatic N) is 2. The number of carbonyl (C=O) groups excluding carboxylic acids is 1. The average Bonchev–Trinajstić information content (AvgIpc) is 2.85. The topological polar surface area (TPSA) is 46.9 Å². The van der Waals surface area contributed by atoms with Crippen LogP contribution < -0.4 is 5.32 Å². The van der Waals surface area contributed by atoms with Crippen LogP contribution in [0.4, 0.5) is 0 Å². The van der Waals surface area contributed by atoms with E-state index in [2.05, 4.69) is 33.0 Å². The maximum Gasteiger partial charge on any atom is 0.251 e. The van der Waals surface area contributed by atoms with Crippen molar-refractivity contribution < 1.29 is 4.79 Å². The van der Waals surface area contributed by atoms with Crippen LogP contribution in [-0.2, 0) is 13.5 Å². The molecule has 0 bridgehead atoms. The molecule has 0 spiro atoms. The molecule has 1 amide bonds. The van der Waals surface area contributed by atoms with Crippen molar-refractivity contribution in [1.82, 2.24) is 15.1 Å². The van der Waals surface area contributed by atoms with Crippen molar-refractivity contribution in [2.24, 2.45) is 7.05 Å². The van der Waals surface area contributed by atoms with Gasteiger partial charge in [-0.25, -0.2) is 0 Å². The highest BCUT2D eigenvalue weighted by Crippen LogP contribution is 2.29. The number of hydrogen-bond acceptors (Lipinski definition) is 2. The standard InChI is InChI=1S/C15H15ClIN3O/c1-20-14-4-2-3-13(10(14)8-18-20)19-15(21)9-5-6-12(17)11(16)7-9/h5-8,13H,2-4H2,1H3,(H,19,21). The van der Waals surface area contributed by atoms with Gasteiger partial charge in [-0.15, -0.1) is 0 Å². The molecule has 0 saturated carbocycles. The van der Waals surface area contributed by atoms with E-state index >= 15 is 0 Å². The average molecular weight is 416 g/mol. The first-order valence-electron chi connectivity index (χ1n) is 6.83. The van der Waals surface area contributed by atoms with Gasteiger partial charge in [0.25, 0.3) is 5.91 Å². The van der Waals surface area contributed by atoms with Gasteiger partial charge < -0.3 is 5.32 Å². The number of nitrogens with one attached hydrogen (secondary N) is 1. The maximum absolute atomic E-state index is 12.4. The van der Waals surface area contributed by atoms with Crippen molar-refractivity contribution in [1.29, 1.82) is 0 Å². The molecule has 0 radical (unpaired) electrons. The minimum absolute atomic E-state index is 0.0352. The van der Waals surface area contributed by atoms with Gasteiger partial charge in [-0.2, -0.15) is 5.10 Å². The van der Waals surface area contributed by atoms with Crippen LogP contribution in [0.25, 0.3) is 0 Å². The van der Waals surface area contributed by atoms with E-state index in [-0.39, 0.29) is 11.9 Å². The number of halogens is 2. The first-order valence-corrected chi connectivity index (χ1v) is 8.28. The molecule has 1 heterocycles. The molecule has 21 heavy (non-hydrogen) atoms. The van der Waals surface area contributed by atoms with E-state index in [1.165, 1.54) is 5.69 Å². The lowest BCUT2D eigenvalue weighted by molar-refractivity contribution is 0.0932. The van der Waals surface area contributed by atoms with Gasteiger partial charge in [-0.05, 0) is 60.1 Å². The zero-order chi connectivity index (χ0) is 15.0. The van der Waals surface area contributed by atoms with Crippen LogP contribution in [0.15, 0.2) is 24.4 Å². The first-order chi connectivity index (χ1) is 10.1. The van der Waals surface area contributed by atoms with Crippen molar-refractivity contribution in [2.75, 3.05) is 0 Å². The molecule has 6 heteroatoms. The zero-order valence-corrected chi connectivity index (χ0v) is 14.5. The smallest absolute Gasteiger partial charge is 0.251 e. The molecular weight excluding hydrogens is 401 g/mol. The van der Waals surface area contributed by atoms with Crippen LogP contribution >= 0.6 is 34.2 Å². The lowest BCUT2D eigenvalue weighted by Crippen LogP contribution is -2.31. The Bertz CT molecular complexity index is 698. The molecule has 1 N–H and O–H groups in total. The number of carbonyl (C=O) groups is 1. The minimum atomic E-state index is -0.0880. The van der Waals surface area contributed by atoms with E-state index in [0.717, 1.165) is 28.4 Å². The van der Waals surface area contributed by atoms with Gasteiger partial charge >= 0.3 is 0 Å². The fourth-order valence-electron chi connectivity index (χ4n) is 2.74. The number of fused-ring (bicyclic) bond motifs is 1. The number of hydrogen-bond donors (Lipinski definition) is 1. The second-order valence-electron chi connectivity index (χ2n) is 5.22. The molecule has 1 atom stereocenters. The second-order valence-corrected chi connectivity index (χ2v) is 6.79. The molecule has 0 saturated heterocycles. The van der Waals surface area contributed by atoms with Crippen LogP contribution in [0.3, 0.4) is 0 Å². The second kappa shape index (κ2) is 5.96. The predicted molar refractivity (Wildman–Crippen MR) is 90.5 cm³/mol. The Kier molecular flexibility index (Phi) is 4.21. The van der Waals surface area contributed by atoms with Crippen LogP contribution in [0.5, 0.6) is 0 Å². The lowest BCUT2D eigenvalue weighted by Gasteiger charge is -2.23. The summed E-state index contributed by atoms with van der Waals surface area (Å²) in [4.78, 5) is 12.4. The third-order valence-electron chi connectivity index (χ3n) is 3.86. The number of aromatic nitrogens is 2. The number of benzene rings is 1. The van der Waals surface area contributed by atoms with Crippen molar-refractivity contribution in [3.8, 4) is 0 Å². The van der Waals surface area contributed by atoms with E-state index in [9.17, 15) is 4.79 Å². The van der Waals surface area contributed by atoms with Gasteiger partial charge in [-0.1, -0.05) is 11.6 Å². The van der Waals surface area contributed by atoms with Crippen LogP contribution in [0.1, 0.15) is 40.5 Å². The molecule has 2 aromatic rings. The number of rotatable bonds is 2. The molecule has 1 aromatic heterocycles. The quantitative estimate of drug-likeness (QED) is 0.763. The van der Waals surface area contributed by atoms with Crippen LogP contribution in [-0.4, -0.2) is 15.7 Å². The summed E-state index contributed by atoms with van der Waals surface area (Å²) in [6.07, 6.45) is 4.89. The number of amides is 1. The summed E-state index contributed by atoms with van der Waals surface area (Å²) >= 11 is 8.23. The molecular formula is C15H15ClIN3O. The minimum Gasteiger partial charge on any atom is -0.345 e. The molecule has 3 rings (SSSR count). The van der Waals surface area contributed by atoms with Crippen LogP contribution in [0.2, 0.25) is 5.02 Å². The SMILES string of the molecule is Cn1ncc2c1CCCC2NC(=O)c1ccc(I)c(Cl)c1. The van der Waals surface area contributed by atoms with Crippen molar-refractivity contribution in [3.05, 3.63) is 49.8 Å². The van der Waals surface area contributed by atoms with Gasteiger partial charge in [0.1, 0.15) is 0 Å². The summed E-state index contributed by atoms with van der Waals surface area (Å²) in [5.74, 6) is -0.0880. The largest absolute Gasteiger partial charge is 0.345 e. The van der Waals surface area contributed by atoms with E-state index < -0.39 is 0 Å². The molecule has 1 aromatic carbocycles. The normalized spacial score (nSPS) is 17.4. The fraction of sp³-hybridized carbons (Fsp3) is 0.333. The van der Waals surface area contributed by atoms with Gasteiger partial charge in [0.05, 0.1) is 17.3 Å². The summed E-state index contributed by atoms with van der Waals surface area (Å²) in [5, 5.41) is 8.00. The third kappa shape index (κ3) is 2.94. The molecule has 1 unspecified atom stereocenters. The Labute approximate surface area is 142 Å². The van der Waals surface area contributed by atoms with E-state index in [4.69, 9.17) is 11.6 Å².